The van der Waals surface area contributed by atoms with Gasteiger partial charge in [0.15, 0.2) is 0 Å². The largest absolute Gasteiger partial charge is 0.573 e. The van der Waals surface area contributed by atoms with Gasteiger partial charge in [0, 0.05) is 91.3 Å². The number of pyridine rings is 1. The second-order valence-electron chi connectivity index (χ2n) is 12.8. The fourth-order valence-electron chi connectivity index (χ4n) is 6.54. The van der Waals surface area contributed by atoms with Crippen molar-refractivity contribution >= 4 is 40.1 Å². The number of alkyl halides is 3. The van der Waals surface area contributed by atoms with E-state index in [1.807, 2.05) is 35.2 Å². The molecular weight excluding hydrogens is 678 g/mol. The molecule has 0 bridgehead atoms. The van der Waals surface area contributed by atoms with E-state index >= 15 is 0 Å². The summed E-state index contributed by atoms with van der Waals surface area (Å²) in [4.78, 5) is 22.4. The standard InChI is InChI=1S/C35H40Cl2F3N7O2/c36-30-3-1-4-31(37)29(30)22-46-17-15-45(16-18-46)21-24-19-27-28(25-5-7-26(8-6-25)49-35(38,39)40)23-47(32(27)44-20-24)14-2-11-43-33(48)34(41)9-12-42-13-10-34/h1,3-8,19-20,23,42H,2,9-18,21-22,41H2,(H,43,48). The van der Waals surface area contributed by atoms with Gasteiger partial charge in [0.25, 0.3) is 0 Å². The molecule has 14 heteroatoms. The first-order chi connectivity index (χ1) is 23.5. The summed E-state index contributed by atoms with van der Waals surface area (Å²) in [6, 6.07) is 13.6. The van der Waals surface area contributed by atoms with E-state index in [-0.39, 0.29) is 11.7 Å². The minimum absolute atomic E-state index is 0.135. The highest BCUT2D eigenvalue weighted by atomic mass is 35.5. The molecule has 2 aliphatic heterocycles. The van der Waals surface area contributed by atoms with Crippen molar-refractivity contribution in [3.8, 4) is 16.9 Å². The Kier molecular flexibility index (Phi) is 11.0. The third-order valence-corrected chi connectivity index (χ3v) is 10.0. The second kappa shape index (κ2) is 15.2. The molecule has 49 heavy (non-hydrogen) atoms. The Hall–Kier alpha value is -3.39. The predicted molar refractivity (Wildman–Crippen MR) is 186 cm³/mol. The monoisotopic (exact) mass is 717 g/mol. The first-order valence-corrected chi connectivity index (χ1v) is 17.2. The molecule has 4 heterocycles. The molecule has 0 radical (unpaired) electrons. The Labute approximate surface area is 293 Å². The van der Waals surface area contributed by atoms with Crippen molar-refractivity contribution < 1.29 is 22.7 Å². The predicted octanol–water partition coefficient (Wildman–Crippen LogP) is 5.81. The number of ether oxygens (including phenoxy) is 1. The van der Waals surface area contributed by atoms with E-state index in [1.165, 1.54) is 12.1 Å². The van der Waals surface area contributed by atoms with Crippen LogP contribution in [0.5, 0.6) is 5.75 Å². The Morgan fingerprint density at radius 3 is 2.31 bits per heavy atom. The van der Waals surface area contributed by atoms with Crippen LogP contribution in [0.3, 0.4) is 0 Å². The van der Waals surface area contributed by atoms with Crippen LogP contribution in [0.2, 0.25) is 10.0 Å². The van der Waals surface area contributed by atoms with Gasteiger partial charge >= 0.3 is 6.36 Å². The summed E-state index contributed by atoms with van der Waals surface area (Å²) in [6.07, 6.45) is 0.923. The van der Waals surface area contributed by atoms with Crippen LogP contribution < -0.4 is 21.1 Å². The summed E-state index contributed by atoms with van der Waals surface area (Å²) >= 11 is 12.8. The van der Waals surface area contributed by atoms with Crippen LogP contribution >= 0.6 is 23.2 Å². The Bertz CT molecular complexity index is 1730. The zero-order valence-electron chi connectivity index (χ0n) is 27.0. The minimum atomic E-state index is -4.77. The third-order valence-electron chi connectivity index (χ3n) is 9.29. The molecule has 0 saturated carbocycles. The number of halogens is 5. The van der Waals surface area contributed by atoms with Crippen LogP contribution in [0.25, 0.3) is 22.2 Å². The molecule has 6 rings (SSSR count). The number of piperazine rings is 1. The topological polar surface area (TPSA) is 101 Å². The van der Waals surface area contributed by atoms with Gasteiger partial charge in [0.2, 0.25) is 5.91 Å². The fraction of sp³-hybridized carbons (Fsp3) is 0.429. The van der Waals surface area contributed by atoms with Crippen LogP contribution in [0, 0.1) is 0 Å². The van der Waals surface area contributed by atoms with Crippen molar-refractivity contribution in [2.45, 2.75) is 50.8 Å². The maximum absolute atomic E-state index is 12.8. The molecule has 2 saturated heterocycles. The average Bonchev–Trinajstić information content (AvgIpc) is 3.43. The van der Waals surface area contributed by atoms with Crippen LogP contribution in [0.15, 0.2) is 60.9 Å². The summed E-state index contributed by atoms with van der Waals surface area (Å²) in [5.41, 5.74) is 9.84. The van der Waals surface area contributed by atoms with Gasteiger partial charge in [-0.25, -0.2) is 4.98 Å². The Morgan fingerprint density at radius 1 is 1.00 bits per heavy atom. The lowest BCUT2D eigenvalue weighted by Crippen LogP contribution is -2.59. The van der Waals surface area contributed by atoms with Gasteiger partial charge in [-0.1, -0.05) is 41.4 Å². The van der Waals surface area contributed by atoms with E-state index in [2.05, 4.69) is 31.2 Å². The lowest BCUT2D eigenvalue weighted by Gasteiger charge is -2.35. The molecule has 262 valence electrons. The van der Waals surface area contributed by atoms with Crippen molar-refractivity contribution in [2.75, 3.05) is 45.8 Å². The lowest BCUT2D eigenvalue weighted by molar-refractivity contribution is -0.274. The fourth-order valence-corrected chi connectivity index (χ4v) is 7.05. The van der Waals surface area contributed by atoms with E-state index in [9.17, 15) is 18.0 Å². The smallest absolute Gasteiger partial charge is 0.406 e. The van der Waals surface area contributed by atoms with Crippen LogP contribution in [0.1, 0.15) is 30.4 Å². The molecule has 2 aliphatic rings. The quantitative estimate of drug-likeness (QED) is 0.168. The number of carbonyl (C=O) groups excluding carboxylic acids is 1. The molecule has 2 aromatic carbocycles. The summed E-state index contributed by atoms with van der Waals surface area (Å²) in [5.74, 6) is -0.415. The molecule has 4 aromatic rings. The molecule has 2 aromatic heterocycles. The van der Waals surface area contributed by atoms with Gasteiger partial charge in [-0.3, -0.25) is 14.6 Å². The minimum Gasteiger partial charge on any atom is -0.406 e. The SMILES string of the molecule is NC1(C(=O)NCCCn2cc(-c3ccc(OC(F)(F)F)cc3)c3cc(CN4CCN(Cc5c(Cl)cccc5Cl)CC4)cnc32)CCNCC1. The van der Waals surface area contributed by atoms with Crippen LogP contribution in [0.4, 0.5) is 13.2 Å². The van der Waals surface area contributed by atoms with Crippen molar-refractivity contribution in [2.24, 2.45) is 5.73 Å². The first kappa shape index (κ1) is 35.4. The third kappa shape index (κ3) is 8.86. The number of fused-ring (bicyclic) bond motifs is 1. The zero-order chi connectivity index (χ0) is 34.6. The molecule has 9 nitrogen and oxygen atoms in total. The Morgan fingerprint density at radius 2 is 1.65 bits per heavy atom. The maximum atomic E-state index is 12.8. The average molecular weight is 719 g/mol. The van der Waals surface area contributed by atoms with Crippen molar-refractivity contribution in [3.63, 3.8) is 0 Å². The van der Waals surface area contributed by atoms with Gasteiger partial charge < -0.3 is 25.7 Å². The second-order valence-corrected chi connectivity index (χ2v) is 13.6. The molecule has 1 amide bonds. The number of carbonyl (C=O) groups is 1. The van der Waals surface area contributed by atoms with Gasteiger partial charge in [-0.2, -0.15) is 0 Å². The van der Waals surface area contributed by atoms with E-state index in [0.717, 1.165) is 59.5 Å². The van der Waals surface area contributed by atoms with Gasteiger partial charge in [0.05, 0.1) is 5.54 Å². The molecule has 0 aliphatic carbocycles. The Balaban J connectivity index is 1.15. The highest BCUT2D eigenvalue weighted by Crippen LogP contribution is 2.33. The summed E-state index contributed by atoms with van der Waals surface area (Å²) in [5, 5.41) is 8.47. The number of hydrogen-bond donors (Lipinski definition) is 3. The first-order valence-electron chi connectivity index (χ1n) is 16.5. The summed E-state index contributed by atoms with van der Waals surface area (Å²) < 4.78 is 44.5. The summed E-state index contributed by atoms with van der Waals surface area (Å²) in [6.45, 7) is 7.32. The van der Waals surface area contributed by atoms with Gasteiger partial charge in [-0.15, -0.1) is 13.2 Å². The molecule has 2 fully saturated rings. The zero-order valence-corrected chi connectivity index (χ0v) is 28.6. The van der Waals surface area contributed by atoms with E-state index in [1.54, 1.807) is 12.1 Å². The van der Waals surface area contributed by atoms with E-state index < -0.39 is 11.9 Å². The number of benzene rings is 2. The van der Waals surface area contributed by atoms with E-state index in [0.29, 0.717) is 68.6 Å². The number of nitrogens with two attached hydrogens (primary N) is 1. The number of hydrogen-bond acceptors (Lipinski definition) is 7. The highest BCUT2D eigenvalue weighted by molar-refractivity contribution is 6.36. The van der Waals surface area contributed by atoms with Crippen molar-refractivity contribution in [3.05, 3.63) is 82.1 Å². The van der Waals surface area contributed by atoms with Crippen LogP contribution in [-0.4, -0.2) is 83.0 Å². The molecule has 0 atom stereocenters. The van der Waals surface area contributed by atoms with Crippen molar-refractivity contribution in [1.29, 1.82) is 0 Å². The number of amides is 1. The van der Waals surface area contributed by atoms with Crippen molar-refractivity contribution in [1.82, 2.24) is 30.0 Å². The van der Waals surface area contributed by atoms with Crippen LogP contribution in [-0.2, 0) is 24.4 Å². The molecule has 4 N–H and O–H groups in total. The number of aromatic nitrogens is 2. The number of piperidine rings is 1. The number of nitrogens with one attached hydrogen (secondary N) is 2. The lowest BCUT2D eigenvalue weighted by atomic mass is 9.88. The van der Waals surface area contributed by atoms with E-state index in [4.69, 9.17) is 33.9 Å². The molecular formula is C35H40Cl2F3N7O2. The highest BCUT2D eigenvalue weighted by Gasteiger charge is 2.35. The number of rotatable bonds is 11. The van der Waals surface area contributed by atoms with Gasteiger partial charge in [0.1, 0.15) is 11.4 Å². The molecule has 0 spiro atoms. The summed E-state index contributed by atoms with van der Waals surface area (Å²) in [7, 11) is 0. The molecule has 0 unspecified atom stereocenters. The number of aryl methyl sites for hydroxylation is 1. The van der Waals surface area contributed by atoms with Gasteiger partial charge in [-0.05, 0) is 73.8 Å². The maximum Gasteiger partial charge on any atom is 0.573 e. The number of nitrogens with zero attached hydrogens (tertiary/aromatic N) is 4. The normalized spacial score (nSPS) is 17.3.